The first-order valence-electron chi connectivity index (χ1n) is 9.09. The second-order valence-electron chi connectivity index (χ2n) is 6.18. The van der Waals surface area contributed by atoms with Crippen LogP contribution in [0.25, 0.3) is 0 Å². The molecular weight excluding hydrogens is 429 g/mol. The molecule has 1 aromatic rings. The summed E-state index contributed by atoms with van der Waals surface area (Å²) in [6.45, 7) is 8.66. The SMILES string of the molecule is CCCCOc1ncccc1CN=C(N)NCC1CCCN1CC.I. The highest BCUT2D eigenvalue weighted by molar-refractivity contribution is 14.0. The Morgan fingerprint density at radius 1 is 1.48 bits per heavy atom. The first-order valence-corrected chi connectivity index (χ1v) is 9.09. The average Bonchev–Trinajstić information content (AvgIpc) is 3.07. The van der Waals surface area contributed by atoms with E-state index in [1.165, 1.54) is 19.4 Å². The second kappa shape index (κ2) is 12.3. The van der Waals surface area contributed by atoms with Crippen LogP contribution >= 0.6 is 24.0 Å². The van der Waals surface area contributed by atoms with E-state index in [0.29, 0.717) is 31.0 Å². The lowest BCUT2D eigenvalue weighted by atomic mass is 10.2. The van der Waals surface area contributed by atoms with E-state index in [1.807, 2.05) is 12.1 Å². The summed E-state index contributed by atoms with van der Waals surface area (Å²) in [6, 6.07) is 4.45. The minimum Gasteiger partial charge on any atom is -0.477 e. The fraction of sp³-hybridized carbons (Fsp3) is 0.667. The Labute approximate surface area is 168 Å². The van der Waals surface area contributed by atoms with Crippen LogP contribution in [0.5, 0.6) is 5.88 Å². The summed E-state index contributed by atoms with van der Waals surface area (Å²) >= 11 is 0. The van der Waals surface area contributed by atoms with Crippen molar-refractivity contribution >= 4 is 29.9 Å². The highest BCUT2D eigenvalue weighted by Gasteiger charge is 2.22. The van der Waals surface area contributed by atoms with E-state index in [4.69, 9.17) is 10.5 Å². The summed E-state index contributed by atoms with van der Waals surface area (Å²) in [5.41, 5.74) is 6.98. The molecular formula is C18H32IN5O. The van der Waals surface area contributed by atoms with E-state index >= 15 is 0 Å². The molecule has 1 atom stereocenters. The van der Waals surface area contributed by atoms with Crippen LogP contribution in [0.15, 0.2) is 23.3 Å². The molecule has 2 heterocycles. The van der Waals surface area contributed by atoms with E-state index in [0.717, 1.165) is 31.5 Å². The zero-order chi connectivity index (χ0) is 17.2. The first-order chi connectivity index (χ1) is 11.7. The maximum Gasteiger partial charge on any atom is 0.218 e. The van der Waals surface area contributed by atoms with Crippen LogP contribution in [0.3, 0.4) is 0 Å². The van der Waals surface area contributed by atoms with Crippen molar-refractivity contribution in [1.29, 1.82) is 0 Å². The Morgan fingerprint density at radius 3 is 3.08 bits per heavy atom. The van der Waals surface area contributed by atoms with Gasteiger partial charge in [-0.05, 0) is 38.4 Å². The molecule has 1 unspecified atom stereocenters. The molecule has 7 heteroatoms. The molecule has 1 aromatic heterocycles. The van der Waals surface area contributed by atoms with Gasteiger partial charge in [-0.25, -0.2) is 9.98 Å². The quantitative estimate of drug-likeness (QED) is 0.256. The van der Waals surface area contributed by atoms with Gasteiger partial charge in [0, 0.05) is 24.3 Å². The Morgan fingerprint density at radius 2 is 2.32 bits per heavy atom. The van der Waals surface area contributed by atoms with Crippen LogP contribution in [-0.4, -0.2) is 48.1 Å². The largest absolute Gasteiger partial charge is 0.477 e. The molecule has 1 saturated heterocycles. The second-order valence-corrected chi connectivity index (χ2v) is 6.18. The summed E-state index contributed by atoms with van der Waals surface area (Å²) in [4.78, 5) is 11.2. The minimum absolute atomic E-state index is 0. The fourth-order valence-corrected chi connectivity index (χ4v) is 2.98. The van der Waals surface area contributed by atoms with Crippen molar-refractivity contribution in [2.45, 2.75) is 52.1 Å². The zero-order valence-corrected chi connectivity index (χ0v) is 17.7. The lowest BCUT2D eigenvalue weighted by molar-refractivity contribution is 0.267. The molecule has 0 aliphatic carbocycles. The minimum atomic E-state index is 0. The van der Waals surface area contributed by atoms with Crippen molar-refractivity contribution in [2.75, 3.05) is 26.2 Å². The first kappa shape index (κ1) is 22.0. The van der Waals surface area contributed by atoms with Crippen molar-refractivity contribution in [2.24, 2.45) is 10.7 Å². The molecule has 25 heavy (non-hydrogen) atoms. The number of rotatable bonds is 9. The third-order valence-corrected chi connectivity index (χ3v) is 4.43. The summed E-state index contributed by atoms with van der Waals surface area (Å²) in [6.07, 6.45) is 6.37. The average molecular weight is 461 g/mol. The smallest absolute Gasteiger partial charge is 0.218 e. The molecule has 142 valence electrons. The highest BCUT2D eigenvalue weighted by atomic mass is 127. The third-order valence-electron chi connectivity index (χ3n) is 4.43. The molecule has 1 aliphatic heterocycles. The molecule has 1 fully saturated rings. The highest BCUT2D eigenvalue weighted by Crippen LogP contribution is 2.16. The summed E-state index contributed by atoms with van der Waals surface area (Å²) < 4.78 is 5.73. The number of ether oxygens (including phenoxy) is 1. The number of halogens is 1. The predicted molar refractivity (Wildman–Crippen MR) is 114 cm³/mol. The molecule has 0 spiro atoms. The monoisotopic (exact) mass is 461 g/mol. The van der Waals surface area contributed by atoms with Crippen LogP contribution in [-0.2, 0) is 6.54 Å². The van der Waals surface area contributed by atoms with Gasteiger partial charge in [-0.15, -0.1) is 24.0 Å². The van der Waals surface area contributed by atoms with Gasteiger partial charge in [0.15, 0.2) is 5.96 Å². The maximum atomic E-state index is 6.02. The zero-order valence-electron chi connectivity index (χ0n) is 15.4. The van der Waals surface area contributed by atoms with Gasteiger partial charge in [0.1, 0.15) is 0 Å². The van der Waals surface area contributed by atoms with E-state index < -0.39 is 0 Å². The summed E-state index contributed by atoms with van der Waals surface area (Å²) in [7, 11) is 0. The number of unbranched alkanes of at least 4 members (excludes halogenated alkanes) is 1. The van der Waals surface area contributed by atoms with E-state index in [9.17, 15) is 0 Å². The van der Waals surface area contributed by atoms with Gasteiger partial charge < -0.3 is 15.8 Å². The van der Waals surface area contributed by atoms with Crippen LogP contribution in [0.1, 0.15) is 45.1 Å². The van der Waals surface area contributed by atoms with Gasteiger partial charge in [-0.2, -0.15) is 0 Å². The number of hydrogen-bond acceptors (Lipinski definition) is 4. The standard InChI is InChI=1S/C18H31N5O.HI/c1-3-5-12-24-17-15(8-6-10-20-17)13-21-18(19)22-14-16-9-7-11-23(16)4-2;/h6,8,10,16H,3-5,7,9,11-14H2,1-2H3,(H3,19,21,22);1H. The van der Waals surface area contributed by atoms with Gasteiger partial charge in [-0.3, -0.25) is 4.90 Å². The molecule has 0 bridgehead atoms. The number of nitrogens with zero attached hydrogens (tertiary/aromatic N) is 3. The van der Waals surface area contributed by atoms with Crippen molar-refractivity contribution in [1.82, 2.24) is 15.2 Å². The van der Waals surface area contributed by atoms with Gasteiger partial charge in [-0.1, -0.05) is 26.3 Å². The Bertz CT molecular complexity index is 526. The molecule has 0 aromatic carbocycles. The third kappa shape index (κ3) is 7.35. The van der Waals surface area contributed by atoms with E-state index in [-0.39, 0.29) is 24.0 Å². The van der Waals surface area contributed by atoms with Crippen molar-refractivity contribution in [3.05, 3.63) is 23.9 Å². The van der Waals surface area contributed by atoms with Gasteiger partial charge in [0.05, 0.1) is 13.2 Å². The molecule has 0 amide bonds. The molecule has 1 aliphatic rings. The summed E-state index contributed by atoms with van der Waals surface area (Å²) in [5.74, 6) is 1.15. The molecule has 0 saturated carbocycles. The number of nitrogens with one attached hydrogen (secondary N) is 1. The van der Waals surface area contributed by atoms with Crippen LogP contribution < -0.4 is 15.8 Å². The Balaban J connectivity index is 0.00000312. The van der Waals surface area contributed by atoms with Crippen molar-refractivity contribution in [3.63, 3.8) is 0 Å². The van der Waals surface area contributed by atoms with Crippen molar-refractivity contribution in [3.8, 4) is 5.88 Å². The van der Waals surface area contributed by atoms with Gasteiger partial charge >= 0.3 is 0 Å². The van der Waals surface area contributed by atoms with Gasteiger partial charge in [0.2, 0.25) is 5.88 Å². The number of pyridine rings is 1. The van der Waals surface area contributed by atoms with Crippen LogP contribution in [0, 0.1) is 0 Å². The van der Waals surface area contributed by atoms with Crippen LogP contribution in [0.4, 0.5) is 0 Å². The van der Waals surface area contributed by atoms with E-state index in [1.54, 1.807) is 6.20 Å². The number of aromatic nitrogens is 1. The molecule has 6 nitrogen and oxygen atoms in total. The fourth-order valence-electron chi connectivity index (χ4n) is 2.98. The van der Waals surface area contributed by atoms with Gasteiger partial charge in [0.25, 0.3) is 0 Å². The Kier molecular flexibility index (Phi) is 10.8. The molecule has 3 N–H and O–H groups in total. The van der Waals surface area contributed by atoms with E-state index in [2.05, 4.69) is 34.0 Å². The maximum absolute atomic E-state index is 6.02. The predicted octanol–water partition coefficient (Wildman–Crippen LogP) is 2.77. The normalized spacial score (nSPS) is 18.0. The van der Waals surface area contributed by atoms with Crippen molar-refractivity contribution < 1.29 is 4.74 Å². The number of nitrogens with two attached hydrogens (primary N) is 1. The Hall–Kier alpha value is -1.09. The summed E-state index contributed by atoms with van der Waals surface area (Å²) in [5, 5.41) is 3.26. The number of guanidine groups is 1. The number of likely N-dealkylation sites (N-methyl/N-ethyl adjacent to an activating group) is 1. The lowest BCUT2D eigenvalue weighted by Gasteiger charge is -2.23. The molecule has 2 rings (SSSR count). The number of aliphatic imine (C=N–C) groups is 1. The molecule has 0 radical (unpaired) electrons. The number of likely N-dealkylation sites (tertiary alicyclic amines) is 1. The topological polar surface area (TPSA) is 75.8 Å². The number of hydrogen-bond donors (Lipinski definition) is 2. The van der Waals surface area contributed by atoms with Crippen LogP contribution in [0.2, 0.25) is 0 Å². The lowest BCUT2D eigenvalue weighted by Crippen LogP contribution is -2.42.